The van der Waals surface area contributed by atoms with E-state index in [0.29, 0.717) is 32.4 Å². The number of hydrogen-bond donors (Lipinski definition) is 2. The Labute approximate surface area is 172 Å². The highest BCUT2D eigenvalue weighted by molar-refractivity contribution is 5.95. The van der Waals surface area contributed by atoms with E-state index in [0.717, 1.165) is 48.3 Å². The van der Waals surface area contributed by atoms with Gasteiger partial charge in [0.1, 0.15) is 0 Å². The SMILES string of the molecule is O=C(Cc1ccc(NC(=O)C23CC4CC(CC(C4)C2)C3)cc1)N1CCC(O)CC1. The van der Waals surface area contributed by atoms with E-state index >= 15 is 0 Å². The van der Waals surface area contributed by atoms with Gasteiger partial charge in [-0.1, -0.05) is 12.1 Å². The second-order valence-corrected chi connectivity index (χ2v) is 10.1. The van der Waals surface area contributed by atoms with Crippen LogP contribution in [0.25, 0.3) is 0 Å². The van der Waals surface area contributed by atoms with Crippen LogP contribution in [0.3, 0.4) is 0 Å². The first-order valence-electron chi connectivity index (χ1n) is 11.4. The molecule has 1 aromatic carbocycles. The van der Waals surface area contributed by atoms with Crippen LogP contribution >= 0.6 is 0 Å². The van der Waals surface area contributed by atoms with E-state index in [2.05, 4.69) is 5.32 Å². The molecule has 29 heavy (non-hydrogen) atoms. The number of aliphatic hydroxyl groups excluding tert-OH is 1. The highest BCUT2D eigenvalue weighted by atomic mass is 16.3. The maximum Gasteiger partial charge on any atom is 0.230 e. The first-order chi connectivity index (χ1) is 14.0. The molecule has 2 N–H and O–H groups in total. The monoisotopic (exact) mass is 396 g/mol. The molecule has 1 saturated heterocycles. The molecule has 0 unspecified atom stereocenters. The molecular weight excluding hydrogens is 364 g/mol. The van der Waals surface area contributed by atoms with Gasteiger partial charge in [-0.15, -0.1) is 0 Å². The van der Waals surface area contributed by atoms with Gasteiger partial charge in [-0.05, 0) is 86.8 Å². The van der Waals surface area contributed by atoms with Crippen molar-refractivity contribution in [1.82, 2.24) is 4.90 Å². The van der Waals surface area contributed by atoms with Gasteiger partial charge in [-0.2, -0.15) is 0 Å². The van der Waals surface area contributed by atoms with Gasteiger partial charge in [-0.3, -0.25) is 9.59 Å². The lowest BCUT2D eigenvalue weighted by molar-refractivity contribution is -0.140. The number of likely N-dealkylation sites (tertiary alicyclic amines) is 1. The predicted molar refractivity (Wildman–Crippen MR) is 111 cm³/mol. The number of amides is 2. The molecule has 1 aliphatic heterocycles. The topological polar surface area (TPSA) is 69.6 Å². The summed E-state index contributed by atoms with van der Waals surface area (Å²) >= 11 is 0. The number of carbonyl (C=O) groups excluding carboxylic acids is 2. The summed E-state index contributed by atoms with van der Waals surface area (Å²) in [5.74, 6) is 2.61. The second kappa shape index (κ2) is 7.42. The molecule has 156 valence electrons. The predicted octanol–water partition coefficient (Wildman–Crippen LogP) is 3.37. The number of carbonyl (C=O) groups is 2. The number of nitrogens with zero attached hydrogens (tertiary/aromatic N) is 1. The maximum atomic E-state index is 13.2. The van der Waals surface area contributed by atoms with Crippen LogP contribution in [0.1, 0.15) is 56.9 Å². The van der Waals surface area contributed by atoms with Crippen LogP contribution in [0.4, 0.5) is 5.69 Å². The molecule has 4 aliphatic carbocycles. The molecule has 2 amide bonds. The molecule has 6 rings (SSSR count). The summed E-state index contributed by atoms with van der Waals surface area (Å²) in [7, 11) is 0. The molecule has 4 bridgehead atoms. The van der Waals surface area contributed by atoms with Crippen LogP contribution in [0.15, 0.2) is 24.3 Å². The molecule has 0 atom stereocenters. The summed E-state index contributed by atoms with van der Waals surface area (Å²) in [5.41, 5.74) is 1.67. The molecule has 1 aromatic rings. The van der Waals surface area contributed by atoms with Crippen molar-refractivity contribution in [3.8, 4) is 0 Å². The second-order valence-electron chi connectivity index (χ2n) is 10.1. The van der Waals surface area contributed by atoms with Crippen LogP contribution in [0.5, 0.6) is 0 Å². The van der Waals surface area contributed by atoms with E-state index in [1.807, 2.05) is 29.2 Å². The molecule has 0 spiro atoms. The lowest BCUT2D eigenvalue weighted by atomic mass is 9.49. The molecule has 5 aliphatic rings. The number of benzene rings is 1. The first-order valence-corrected chi connectivity index (χ1v) is 11.4. The smallest absolute Gasteiger partial charge is 0.230 e. The summed E-state index contributed by atoms with van der Waals surface area (Å²) in [6.45, 7) is 1.28. The Kier molecular flexibility index (Phi) is 4.89. The number of piperidine rings is 1. The lowest BCUT2D eigenvalue weighted by Crippen LogP contribution is -2.51. The minimum Gasteiger partial charge on any atom is -0.393 e. The molecule has 4 saturated carbocycles. The van der Waals surface area contributed by atoms with E-state index in [4.69, 9.17) is 0 Å². The van der Waals surface area contributed by atoms with Crippen molar-refractivity contribution < 1.29 is 14.7 Å². The van der Waals surface area contributed by atoms with Crippen LogP contribution in [0.2, 0.25) is 0 Å². The Morgan fingerprint density at radius 3 is 2.07 bits per heavy atom. The van der Waals surface area contributed by atoms with E-state index < -0.39 is 0 Å². The zero-order valence-corrected chi connectivity index (χ0v) is 17.1. The van der Waals surface area contributed by atoms with E-state index in [9.17, 15) is 14.7 Å². The van der Waals surface area contributed by atoms with Crippen molar-refractivity contribution in [3.63, 3.8) is 0 Å². The van der Waals surface area contributed by atoms with Crippen molar-refractivity contribution in [3.05, 3.63) is 29.8 Å². The fourth-order valence-corrected chi connectivity index (χ4v) is 6.76. The van der Waals surface area contributed by atoms with E-state index in [1.165, 1.54) is 19.3 Å². The van der Waals surface area contributed by atoms with Crippen molar-refractivity contribution in [2.45, 2.75) is 63.9 Å². The van der Waals surface area contributed by atoms with Crippen molar-refractivity contribution in [1.29, 1.82) is 0 Å². The molecule has 5 fully saturated rings. The molecule has 5 nitrogen and oxygen atoms in total. The summed E-state index contributed by atoms with van der Waals surface area (Å²) in [4.78, 5) is 27.5. The van der Waals surface area contributed by atoms with Gasteiger partial charge < -0.3 is 15.3 Å². The number of aliphatic hydroxyl groups is 1. The maximum absolute atomic E-state index is 13.2. The molecule has 5 heteroatoms. The molecular formula is C24H32N2O3. The van der Waals surface area contributed by atoms with E-state index in [1.54, 1.807) is 0 Å². The van der Waals surface area contributed by atoms with Crippen LogP contribution in [-0.4, -0.2) is 41.0 Å². The fraction of sp³-hybridized carbons (Fsp3) is 0.667. The van der Waals surface area contributed by atoms with Crippen molar-refractivity contribution >= 4 is 17.5 Å². The minimum atomic E-state index is -0.268. The largest absolute Gasteiger partial charge is 0.393 e. The van der Waals surface area contributed by atoms with Crippen molar-refractivity contribution in [2.24, 2.45) is 23.2 Å². The highest BCUT2D eigenvalue weighted by Gasteiger charge is 2.54. The Hall–Kier alpha value is -1.88. The standard InChI is InChI=1S/C24H32N2O3/c27-21-5-7-26(8-6-21)22(28)12-16-1-3-20(4-2-16)25-23(29)24-13-17-9-18(14-24)11-19(10-17)15-24/h1-4,17-19,21,27H,5-15H2,(H,25,29). The number of rotatable bonds is 4. The number of nitrogens with one attached hydrogen (secondary N) is 1. The molecule has 0 aromatic heterocycles. The molecule has 0 radical (unpaired) electrons. The Morgan fingerprint density at radius 1 is 0.966 bits per heavy atom. The van der Waals surface area contributed by atoms with Crippen molar-refractivity contribution in [2.75, 3.05) is 18.4 Å². The van der Waals surface area contributed by atoms with Gasteiger partial charge in [0.25, 0.3) is 0 Å². The Bertz CT molecular complexity index is 745. The third-order valence-corrected chi connectivity index (χ3v) is 7.90. The zero-order valence-electron chi connectivity index (χ0n) is 17.1. The normalized spacial score (nSPS) is 33.7. The van der Waals surface area contributed by atoms with Crippen LogP contribution < -0.4 is 5.32 Å². The first kappa shape index (κ1) is 19.1. The fourth-order valence-electron chi connectivity index (χ4n) is 6.76. The Balaban J connectivity index is 1.19. The van der Waals surface area contributed by atoms with Gasteiger partial charge in [0.15, 0.2) is 0 Å². The zero-order chi connectivity index (χ0) is 20.0. The highest BCUT2D eigenvalue weighted by Crippen LogP contribution is 2.60. The van der Waals surface area contributed by atoms with Gasteiger partial charge in [-0.25, -0.2) is 0 Å². The van der Waals surface area contributed by atoms with Gasteiger partial charge in [0.05, 0.1) is 17.9 Å². The third-order valence-electron chi connectivity index (χ3n) is 7.90. The van der Waals surface area contributed by atoms with Gasteiger partial charge in [0, 0.05) is 18.8 Å². The summed E-state index contributed by atoms with van der Waals surface area (Å²) < 4.78 is 0. The summed E-state index contributed by atoms with van der Waals surface area (Å²) in [5, 5.41) is 12.8. The van der Waals surface area contributed by atoms with Crippen LogP contribution in [-0.2, 0) is 16.0 Å². The van der Waals surface area contributed by atoms with Gasteiger partial charge in [0.2, 0.25) is 11.8 Å². The quantitative estimate of drug-likeness (QED) is 0.820. The summed E-state index contributed by atoms with van der Waals surface area (Å²) in [6.07, 6.45) is 8.67. The Morgan fingerprint density at radius 2 is 1.52 bits per heavy atom. The van der Waals surface area contributed by atoms with Gasteiger partial charge >= 0.3 is 0 Å². The molecule has 1 heterocycles. The minimum absolute atomic E-state index is 0.113. The lowest BCUT2D eigenvalue weighted by Gasteiger charge is -2.55. The average molecular weight is 397 g/mol. The number of hydrogen-bond acceptors (Lipinski definition) is 3. The summed E-state index contributed by atoms with van der Waals surface area (Å²) in [6, 6.07) is 7.76. The van der Waals surface area contributed by atoms with Crippen LogP contribution in [0, 0.1) is 23.2 Å². The number of anilines is 1. The average Bonchev–Trinajstić information content (AvgIpc) is 2.69. The van der Waals surface area contributed by atoms with E-state index in [-0.39, 0.29) is 23.3 Å². The third kappa shape index (κ3) is 3.81.